The molecule has 0 bridgehead atoms. The second-order valence-corrected chi connectivity index (χ2v) is 6.02. The van der Waals surface area contributed by atoms with Crippen molar-refractivity contribution in [2.45, 2.75) is 13.3 Å². The highest BCUT2D eigenvalue weighted by atomic mass is 15.0. The van der Waals surface area contributed by atoms with Crippen molar-refractivity contribution < 1.29 is 0 Å². The fourth-order valence-electron chi connectivity index (χ4n) is 3.14. The Kier molecular flexibility index (Phi) is 3.67. The summed E-state index contributed by atoms with van der Waals surface area (Å²) < 4.78 is 2.18. The summed E-state index contributed by atoms with van der Waals surface area (Å²) in [6.07, 6.45) is 2.94. The zero-order valence-corrected chi connectivity index (χ0v) is 13.7. The molecule has 0 radical (unpaired) electrons. The van der Waals surface area contributed by atoms with Gasteiger partial charge in [-0.2, -0.15) is 0 Å². The molecule has 24 heavy (non-hydrogen) atoms. The third-order valence-corrected chi connectivity index (χ3v) is 4.35. The number of fused-ring (bicyclic) bond motifs is 1. The average molecular weight is 316 g/mol. The summed E-state index contributed by atoms with van der Waals surface area (Å²) in [5.74, 6) is 0.897. The molecule has 0 unspecified atom stereocenters. The van der Waals surface area contributed by atoms with Gasteiger partial charge in [-0.3, -0.25) is 0 Å². The van der Waals surface area contributed by atoms with E-state index in [0.29, 0.717) is 6.54 Å². The third kappa shape index (κ3) is 2.51. The summed E-state index contributed by atoms with van der Waals surface area (Å²) >= 11 is 0. The van der Waals surface area contributed by atoms with Crippen LogP contribution in [0.3, 0.4) is 0 Å². The Labute approximate surface area is 141 Å². The topological polar surface area (TPSA) is 59.6 Å². The van der Waals surface area contributed by atoms with Gasteiger partial charge in [-0.1, -0.05) is 24.3 Å². The first-order valence-electron chi connectivity index (χ1n) is 8.19. The highest BCUT2D eigenvalue weighted by Gasteiger charge is 2.09. The zero-order chi connectivity index (χ0) is 16.5. The maximum Gasteiger partial charge on any atom is 0.138 e. The van der Waals surface area contributed by atoms with Gasteiger partial charge in [0, 0.05) is 29.6 Å². The molecule has 2 aromatic carbocycles. The molecule has 4 heteroatoms. The Balaban J connectivity index is 1.79. The molecule has 2 heterocycles. The summed E-state index contributed by atoms with van der Waals surface area (Å²) in [6, 6.07) is 18.8. The van der Waals surface area contributed by atoms with Crippen molar-refractivity contribution in [3.8, 4) is 17.1 Å². The molecule has 0 aliphatic heterocycles. The standard InChI is InChI=1S/C20H20N4/c1-14-5-2-9-18-19(14)23-20(22-18)15-6-3-7-17(13-15)24-12-4-8-16(24)10-11-21/h2-9,12-13H,10-11,21H2,1H3,(H,22,23). The molecule has 0 fully saturated rings. The van der Waals surface area contributed by atoms with E-state index in [2.05, 4.69) is 77.3 Å². The van der Waals surface area contributed by atoms with Crippen molar-refractivity contribution in [2.75, 3.05) is 6.54 Å². The molecule has 4 rings (SSSR count). The number of nitrogens with two attached hydrogens (primary N) is 1. The van der Waals surface area contributed by atoms with E-state index in [1.807, 2.05) is 0 Å². The first-order valence-corrected chi connectivity index (χ1v) is 8.19. The number of hydrogen-bond donors (Lipinski definition) is 2. The molecule has 3 N–H and O–H groups in total. The lowest BCUT2D eigenvalue weighted by atomic mass is 10.2. The van der Waals surface area contributed by atoms with E-state index in [9.17, 15) is 0 Å². The number of benzene rings is 2. The van der Waals surface area contributed by atoms with Gasteiger partial charge in [-0.25, -0.2) is 4.98 Å². The van der Waals surface area contributed by atoms with Crippen LogP contribution in [-0.2, 0) is 6.42 Å². The highest BCUT2D eigenvalue weighted by molar-refractivity contribution is 5.82. The van der Waals surface area contributed by atoms with Crippen molar-refractivity contribution in [2.24, 2.45) is 5.73 Å². The lowest BCUT2D eigenvalue weighted by molar-refractivity contribution is 0.874. The Morgan fingerprint density at radius 1 is 1.08 bits per heavy atom. The zero-order valence-electron chi connectivity index (χ0n) is 13.7. The van der Waals surface area contributed by atoms with E-state index >= 15 is 0 Å². The lowest BCUT2D eigenvalue weighted by Crippen LogP contribution is -2.07. The summed E-state index contributed by atoms with van der Waals surface area (Å²) in [5, 5.41) is 0. The summed E-state index contributed by atoms with van der Waals surface area (Å²) in [6.45, 7) is 2.73. The minimum absolute atomic E-state index is 0.645. The number of aromatic amines is 1. The van der Waals surface area contributed by atoms with Gasteiger partial charge < -0.3 is 15.3 Å². The Bertz CT molecular complexity index is 994. The largest absolute Gasteiger partial charge is 0.338 e. The number of hydrogen-bond acceptors (Lipinski definition) is 2. The van der Waals surface area contributed by atoms with Crippen LogP contribution >= 0.6 is 0 Å². The number of aryl methyl sites for hydroxylation is 1. The van der Waals surface area contributed by atoms with Crippen LogP contribution in [0.5, 0.6) is 0 Å². The number of rotatable bonds is 4. The molecule has 4 aromatic rings. The van der Waals surface area contributed by atoms with Crippen LogP contribution in [0, 0.1) is 6.92 Å². The molecular weight excluding hydrogens is 296 g/mol. The Morgan fingerprint density at radius 3 is 2.79 bits per heavy atom. The molecule has 0 aliphatic carbocycles. The van der Waals surface area contributed by atoms with Gasteiger partial charge in [-0.05, 0) is 49.4 Å². The second-order valence-electron chi connectivity index (χ2n) is 6.02. The minimum Gasteiger partial charge on any atom is -0.338 e. The number of aromatic nitrogens is 3. The Morgan fingerprint density at radius 2 is 1.96 bits per heavy atom. The molecular formula is C20H20N4. The molecule has 0 amide bonds. The number of H-pyrrole nitrogens is 1. The van der Waals surface area contributed by atoms with E-state index in [0.717, 1.165) is 34.5 Å². The summed E-state index contributed by atoms with van der Waals surface area (Å²) in [5.41, 5.74) is 12.4. The van der Waals surface area contributed by atoms with Gasteiger partial charge in [0.2, 0.25) is 0 Å². The van der Waals surface area contributed by atoms with Gasteiger partial charge in [0.05, 0.1) is 11.0 Å². The molecule has 0 saturated carbocycles. The molecule has 0 aliphatic rings. The first-order chi connectivity index (χ1) is 11.8. The van der Waals surface area contributed by atoms with Gasteiger partial charge >= 0.3 is 0 Å². The van der Waals surface area contributed by atoms with Crippen LogP contribution in [0.1, 0.15) is 11.3 Å². The van der Waals surface area contributed by atoms with Crippen LogP contribution < -0.4 is 5.73 Å². The van der Waals surface area contributed by atoms with Gasteiger partial charge in [0.15, 0.2) is 0 Å². The number of nitrogens with zero attached hydrogens (tertiary/aromatic N) is 2. The van der Waals surface area contributed by atoms with E-state index in [1.165, 1.54) is 11.3 Å². The second kappa shape index (κ2) is 5.98. The van der Waals surface area contributed by atoms with Crippen molar-refractivity contribution in [3.63, 3.8) is 0 Å². The van der Waals surface area contributed by atoms with Crippen LogP contribution in [0.2, 0.25) is 0 Å². The summed E-state index contributed by atoms with van der Waals surface area (Å²) in [4.78, 5) is 8.20. The maximum absolute atomic E-state index is 5.72. The van der Waals surface area contributed by atoms with Crippen molar-refractivity contribution in [1.29, 1.82) is 0 Å². The molecule has 0 saturated heterocycles. The number of para-hydroxylation sites is 1. The van der Waals surface area contributed by atoms with Crippen molar-refractivity contribution in [3.05, 3.63) is 72.1 Å². The van der Waals surface area contributed by atoms with E-state index < -0.39 is 0 Å². The first kappa shape index (κ1) is 14.7. The fraction of sp³-hybridized carbons (Fsp3) is 0.150. The fourth-order valence-corrected chi connectivity index (χ4v) is 3.14. The Hall–Kier alpha value is -2.85. The van der Waals surface area contributed by atoms with E-state index in [-0.39, 0.29) is 0 Å². The monoisotopic (exact) mass is 316 g/mol. The number of imidazole rings is 1. The van der Waals surface area contributed by atoms with Crippen LogP contribution in [0.25, 0.3) is 28.1 Å². The van der Waals surface area contributed by atoms with Gasteiger partial charge in [0.1, 0.15) is 5.82 Å². The van der Waals surface area contributed by atoms with Crippen molar-refractivity contribution >= 4 is 11.0 Å². The molecule has 0 atom stereocenters. The van der Waals surface area contributed by atoms with Crippen LogP contribution in [-0.4, -0.2) is 21.1 Å². The van der Waals surface area contributed by atoms with Crippen LogP contribution in [0.15, 0.2) is 60.8 Å². The minimum atomic E-state index is 0.645. The third-order valence-electron chi connectivity index (χ3n) is 4.35. The van der Waals surface area contributed by atoms with Crippen molar-refractivity contribution in [1.82, 2.24) is 14.5 Å². The summed E-state index contributed by atoms with van der Waals surface area (Å²) in [7, 11) is 0. The maximum atomic E-state index is 5.72. The van der Waals surface area contributed by atoms with Crippen LogP contribution in [0.4, 0.5) is 0 Å². The predicted molar refractivity (Wildman–Crippen MR) is 98.4 cm³/mol. The molecule has 4 nitrogen and oxygen atoms in total. The van der Waals surface area contributed by atoms with E-state index in [4.69, 9.17) is 10.7 Å². The van der Waals surface area contributed by atoms with E-state index in [1.54, 1.807) is 0 Å². The predicted octanol–water partition coefficient (Wildman–Crippen LogP) is 3.83. The average Bonchev–Trinajstić information content (AvgIpc) is 3.23. The normalized spacial score (nSPS) is 11.2. The SMILES string of the molecule is Cc1cccc2[nH]c(-c3cccc(-n4cccc4CCN)c3)nc12. The molecule has 120 valence electrons. The quantitative estimate of drug-likeness (QED) is 0.601. The van der Waals surface area contributed by atoms with Gasteiger partial charge in [-0.15, -0.1) is 0 Å². The molecule has 0 spiro atoms. The smallest absolute Gasteiger partial charge is 0.138 e. The molecule has 2 aromatic heterocycles. The van der Waals surface area contributed by atoms with Gasteiger partial charge in [0.25, 0.3) is 0 Å². The number of nitrogens with one attached hydrogen (secondary N) is 1. The lowest BCUT2D eigenvalue weighted by Gasteiger charge is -2.09. The highest BCUT2D eigenvalue weighted by Crippen LogP contribution is 2.25.